The second-order valence-electron chi connectivity index (χ2n) is 6.21. The smallest absolute Gasteiger partial charge is 0.243 e. The summed E-state index contributed by atoms with van der Waals surface area (Å²) in [6.07, 6.45) is 3.61. The lowest BCUT2D eigenvalue weighted by atomic mass is 10.1. The van der Waals surface area contributed by atoms with Crippen LogP contribution < -0.4 is 10.6 Å². The molecule has 1 unspecified atom stereocenters. The van der Waals surface area contributed by atoms with Crippen molar-refractivity contribution >= 4 is 30.7 Å². The van der Waals surface area contributed by atoms with Crippen LogP contribution in [0.4, 0.5) is 0 Å². The predicted octanol–water partition coefficient (Wildman–Crippen LogP) is 1.77. The summed E-state index contributed by atoms with van der Waals surface area (Å²) in [5.74, 6) is 1.07. The molecule has 1 atom stereocenters. The standard InChI is InChI=1S/C18H20N6O2.2ClH/c25-18(17-16-13(6-8-19-17)21-11-22-16)20-9-7-15-23-14(24-26-15)10-12-4-2-1-3-5-12;;/h1-5,11,17,19H,6-10H2,(H,20,25)(H,21,22);2*1H. The number of amides is 1. The molecule has 1 aliphatic rings. The maximum absolute atomic E-state index is 12.4. The Morgan fingerprint density at radius 1 is 1.25 bits per heavy atom. The van der Waals surface area contributed by atoms with E-state index in [1.54, 1.807) is 6.33 Å². The van der Waals surface area contributed by atoms with Gasteiger partial charge in [0, 0.05) is 38.0 Å². The van der Waals surface area contributed by atoms with Crippen LogP contribution >= 0.6 is 24.8 Å². The Bertz CT molecular complexity index is 883. The molecule has 150 valence electrons. The molecule has 3 aromatic rings. The minimum absolute atomic E-state index is 0. The van der Waals surface area contributed by atoms with E-state index in [0.717, 1.165) is 29.9 Å². The molecule has 3 heterocycles. The van der Waals surface area contributed by atoms with E-state index >= 15 is 0 Å². The van der Waals surface area contributed by atoms with Crippen LogP contribution in [0.5, 0.6) is 0 Å². The molecule has 8 nitrogen and oxygen atoms in total. The summed E-state index contributed by atoms with van der Waals surface area (Å²) >= 11 is 0. The molecule has 10 heteroatoms. The Morgan fingerprint density at radius 2 is 2.07 bits per heavy atom. The molecule has 0 saturated heterocycles. The Labute approximate surface area is 174 Å². The van der Waals surface area contributed by atoms with Crippen molar-refractivity contribution in [2.75, 3.05) is 13.1 Å². The number of H-pyrrole nitrogens is 1. The first-order chi connectivity index (χ1) is 12.8. The molecular formula is C18H22Cl2N6O2. The quantitative estimate of drug-likeness (QED) is 0.556. The number of aromatic amines is 1. The summed E-state index contributed by atoms with van der Waals surface area (Å²) in [5, 5.41) is 10.1. The number of carbonyl (C=O) groups is 1. The van der Waals surface area contributed by atoms with Crippen LogP contribution in [0.25, 0.3) is 0 Å². The summed E-state index contributed by atoms with van der Waals surface area (Å²) in [6.45, 7) is 1.18. The molecule has 0 aliphatic carbocycles. The normalized spacial score (nSPS) is 15.1. The second kappa shape index (κ2) is 10.2. The van der Waals surface area contributed by atoms with Gasteiger partial charge < -0.3 is 20.1 Å². The number of carbonyl (C=O) groups excluding carboxylic acids is 1. The first-order valence-electron chi connectivity index (χ1n) is 8.68. The van der Waals surface area contributed by atoms with Crippen molar-refractivity contribution in [3.05, 3.63) is 65.3 Å². The van der Waals surface area contributed by atoms with Crippen LogP contribution in [0.3, 0.4) is 0 Å². The summed E-state index contributed by atoms with van der Waals surface area (Å²) in [7, 11) is 0. The van der Waals surface area contributed by atoms with Crippen LogP contribution in [-0.2, 0) is 24.1 Å². The third-order valence-corrected chi connectivity index (χ3v) is 4.36. The van der Waals surface area contributed by atoms with Gasteiger partial charge in [-0.1, -0.05) is 35.5 Å². The Morgan fingerprint density at radius 3 is 2.89 bits per heavy atom. The zero-order valence-corrected chi connectivity index (χ0v) is 16.7. The molecule has 1 aromatic carbocycles. The third kappa shape index (κ3) is 5.09. The largest absolute Gasteiger partial charge is 0.354 e. The number of imidazole rings is 1. The molecular weight excluding hydrogens is 403 g/mol. The first-order valence-corrected chi connectivity index (χ1v) is 8.68. The third-order valence-electron chi connectivity index (χ3n) is 4.36. The SMILES string of the molecule is Cl.Cl.O=C(NCCc1nc(Cc2ccccc2)no1)C1NCCc2[nH]cnc21. The van der Waals surface area contributed by atoms with Gasteiger partial charge in [0.1, 0.15) is 6.04 Å². The number of rotatable bonds is 6. The minimum atomic E-state index is -0.415. The average Bonchev–Trinajstić information content (AvgIpc) is 3.31. The van der Waals surface area contributed by atoms with Gasteiger partial charge >= 0.3 is 0 Å². The lowest BCUT2D eigenvalue weighted by Gasteiger charge is -2.21. The number of hydrogen-bond donors (Lipinski definition) is 3. The lowest BCUT2D eigenvalue weighted by Crippen LogP contribution is -2.42. The van der Waals surface area contributed by atoms with Crippen LogP contribution in [0, 0.1) is 0 Å². The van der Waals surface area contributed by atoms with Gasteiger partial charge in [0.05, 0.1) is 12.0 Å². The van der Waals surface area contributed by atoms with E-state index in [1.807, 2.05) is 30.3 Å². The van der Waals surface area contributed by atoms with E-state index in [9.17, 15) is 4.79 Å². The highest BCUT2D eigenvalue weighted by molar-refractivity contribution is 5.85. The summed E-state index contributed by atoms with van der Waals surface area (Å²) in [6, 6.07) is 9.57. The monoisotopic (exact) mass is 424 g/mol. The van der Waals surface area contributed by atoms with E-state index in [-0.39, 0.29) is 30.7 Å². The number of aromatic nitrogens is 4. The maximum Gasteiger partial charge on any atom is 0.243 e. The van der Waals surface area contributed by atoms with Gasteiger partial charge in [-0.3, -0.25) is 4.79 Å². The number of hydrogen-bond acceptors (Lipinski definition) is 6. The number of nitrogens with one attached hydrogen (secondary N) is 3. The van der Waals surface area contributed by atoms with E-state index < -0.39 is 6.04 Å². The summed E-state index contributed by atoms with van der Waals surface area (Å²) in [4.78, 5) is 24.1. The topological polar surface area (TPSA) is 109 Å². The number of nitrogens with zero attached hydrogens (tertiary/aromatic N) is 3. The maximum atomic E-state index is 12.4. The van der Waals surface area contributed by atoms with E-state index in [0.29, 0.717) is 31.1 Å². The van der Waals surface area contributed by atoms with E-state index in [1.165, 1.54) is 0 Å². The second-order valence-corrected chi connectivity index (χ2v) is 6.21. The van der Waals surface area contributed by atoms with Crippen molar-refractivity contribution in [3.63, 3.8) is 0 Å². The molecule has 1 amide bonds. The Hall–Kier alpha value is -2.42. The predicted molar refractivity (Wildman–Crippen MR) is 108 cm³/mol. The van der Waals surface area contributed by atoms with Gasteiger partial charge in [-0.25, -0.2) is 4.98 Å². The van der Waals surface area contributed by atoms with Crippen LogP contribution in [0.1, 0.15) is 34.7 Å². The van der Waals surface area contributed by atoms with Gasteiger partial charge in [-0.15, -0.1) is 24.8 Å². The van der Waals surface area contributed by atoms with Crippen molar-refractivity contribution in [1.29, 1.82) is 0 Å². The van der Waals surface area contributed by atoms with Crippen LogP contribution in [0.2, 0.25) is 0 Å². The molecule has 0 fully saturated rings. The van der Waals surface area contributed by atoms with E-state index in [4.69, 9.17) is 4.52 Å². The molecule has 0 bridgehead atoms. The average molecular weight is 425 g/mol. The first kappa shape index (κ1) is 21.9. The molecule has 1 aliphatic heterocycles. The highest BCUT2D eigenvalue weighted by Crippen LogP contribution is 2.19. The Kier molecular flexibility index (Phi) is 7.98. The van der Waals surface area contributed by atoms with Crippen molar-refractivity contribution < 1.29 is 9.32 Å². The highest BCUT2D eigenvalue weighted by atomic mass is 35.5. The summed E-state index contributed by atoms with van der Waals surface area (Å²) < 4.78 is 5.26. The zero-order chi connectivity index (χ0) is 17.8. The summed E-state index contributed by atoms with van der Waals surface area (Å²) in [5.41, 5.74) is 2.93. The van der Waals surface area contributed by atoms with Crippen molar-refractivity contribution in [3.8, 4) is 0 Å². The van der Waals surface area contributed by atoms with Gasteiger partial charge in [-0.05, 0) is 5.56 Å². The molecule has 28 heavy (non-hydrogen) atoms. The Balaban J connectivity index is 0.00000140. The van der Waals surface area contributed by atoms with Crippen molar-refractivity contribution in [2.24, 2.45) is 0 Å². The fourth-order valence-corrected chi connectivity index (χ4v) is 3.07. The molecule has 0 saturated carbocycles. The molecule has 2 aromatic heterocycles. The molecule has 0 radical (unpaired) electrons. The minimum Gasteiger partial charge on any atom is -0.354 e. The highest BCUT2D eigenvalue weighted by Gasteiger charge is 2.28. The van der Waals surface area contributed by atoms with Gasteiger partial charge in [-0.2, -0.15) is 4.98 Å². The molecule has 0 spiro atoms. The number of fused-ring (bicyclic) bond motifs is 1. The fraction of sp³-hybridized carbons (Fsp3) is 0.333. The van der Waals surface area contributed by atoms with Crippen molar-refractivity contribution in [1.82, 2.24) is 30.7 Å². The fourth-order valence-electron chi connectivity index (χ4n) is 3.07. The lowest BCUT2D eigenvalue weighted by molar-refractivity contribution is -0.123. The van der Waals surface area contributed by atoms with Gasteiger partial charge in [0.25, 0.3) is 0 Å². The zero-order valence-electron chi connectivity index (χ0n) is 15.1. The van der Waals surface area contributed by atoms with Crippen LogP contribution in [0.15, 0.2) is 41.2 Å². The van der Waals surface area contributed by atoms with Crippen LogP contribution in [-0.4, -0.2) is 39.1 Å². The van der Waals surface area contributed by atoms with E-state index in [2.05, 4.69) is 30.7 Å². The molecule has 3 N–H and O–H groups in total. The van der Waals surface area contributed by atoms with Gasteiger partial charge in [0.15, 0.2) is 5.82 Å². The number of benzene rings is 1. The van der Waals surface area contributed by atoms with Gasteiger partial charge in [0.2, 0.25) is 11.8 Å². The van der Waals surface area contributed by atoms with Crippen molar-refractivity contribution in [2.45, 2.75) is 25.3 Å². The number of halogens is 2. The molecule has 4 rings (SSSR count).